The van der Waals surface area contributed by atoms with E-state index in [-0.39, 0.29) is 43.6 Å². The zero-order chi connectivity index (χ0) is 60.5. The normalized spacial score (nSPS) is 15.9. The molecule has 0 saturated heterocycles. The van der Waals surface area contributed by atoms with E-state index in [0.29, 0.717) is 22.7 Å². The molecule has 4 heterocycles. The minimum atomic E-state index is -0.585. The molecule has 0 radical (unpaired) electrons. The van der Waals surface area contributed by atoms with E-state index in [4.69, 9.17) is 11.0 Å². The van der Waals surface area contributed by atoms with Gasteiger partial charge in [-0.05, 0) is 123 Å². The molecule has 0 aliphatic carbocycles. The summed E-state index contributed by atoms with van der Waals surface area (Å²) in [6.45, 7) is -0.585. The van der Waals surface area contributed by atoms with Crippen LogP contribution in [0, 0.1) is 0 Å². The Labute approximate surface area is 434 Å². The van der Waals surface area contributed by atoms with E-state index in [9.17, 15) is 11.0 Å². The Balaban J connectivity index is 1.05. The number of benzene rings is 11. The highest BCUT2D eigenvalue weighted by Crippen LogP contribution is 2.46. The molecule has 11 aromatic carbocycles. The number of hydrogen-bond donors (Lipinski definition) is 0. The van der Waals surface area contributed by atoms with Crippen molar-refractivity contribution in [3.8, 4) is 33.6 Å². The third-order valence-electron chi connectivity index (χ3n) is 14.0. The Kier molecular flexibility index (Phi) is 5.94. The third-order valence-corrected chi connectivity index (χ3v) is 14.0. The van der Waals surface area contributed by atoms with Crippen molar-refractivity contribution in [2.75, 3.05) is 9.80 Å². The van der Waals surface area contributed by atoms with Gasteiger partial charge in [0.05, 0.1) is 44.0 Å². The van der Waals surface area contributed by atoms with Gasteiger partial charge >= 0.3 is 0 Å². The van der Waals surface area contributed by atoms with Gasteiger partial charge in [0.25, 0.3) is 6.71 Å². The van der Waals surface area contributed by atoms with Crippen LogP contribution in [0.15, 0.2) is 260 Å². The van der Waals surface area contributed by atoms with E-state index in [2.05, 4.69) is 15.9 Å². The van der Waals surface area contributed by atoms with Crippen LogP contribution in [-0.4, -0.2) is 15.8 Å². The van der Waals surface area contributed by atoms with Crippen LogP contribution in [0.1, 0.15) is 21.9 Å². The van der Waals surface area contributed by atoms with Crippen LogP contribution in [0.5, 0.6) is 0 Å². The Morgan fingerprint density at radius 3 is 1.18 bits per heavy atom. The summed E-state index contributed by atoms with van der Waals surface area (Å²) in [6.07, 6.45) is 0. The van der Waals surface area contributed by atoms with Crippen molar-refractivity contribution in [3.05, 3.63) is 260 Å². The second-order valence-electron chi connectivity index (χ2n) is 17.7. The molecule has 0 saturated carbocycles. The number of nitrogens with zero attached hydrogens (tertiary/aromatic N) is 4. The average molecular weight is 919 g/mol. The van der Waals surface area contributed by atoms with E-state index >= 15 is 0 Å². The molecule has 0 atom stereocenters. The quantitative estimate of drug-likeness (QED) is 0.155. The summed E-state index contributed by atoms with van der Waals surface area (Å²) in [5.74, 6) is 0. The fourth-order valence-electron chi connectivity index (χ4n) is 11.0. The second-order valence-corrected chi connectivity index (χ2v) is 17.7. The van der Waals surface area contributed by atoms with Crippen LogP contribution in [-0.2, 0) is 0 Å². The van der Waals surface area contributed by atoms with Gasteiger partial charge in [-0.2, -0.15) is 0 Å². The lowest BCUT2D eigenvalue weighted by atomic mass is 9.33. The van der Waals surface area contributed by atoms with Crippen LogP contribution in [0.25, 0.3) is 77.2 Å². The summed E-state index contributed by atoms with van der Waals surface area (Å²) in [5.41, 5.74) is 11.2. The minimum Gasteiger partial charge on any atom is -0.311 e. The first-order valence-corrected chi connectivity index (χ1v) is 23.2. The molecule has 0 unspecified atom stereocenters. The number of hydrogen-bond acceptors (Lipinski definition) is 2. The van der Waals surface area contributed by atoms with Crippen LogP contribution >= 0.6 is 0 Å². The molecule has 13 aromatic rings. The van der Waals surface area contributed by atoms with Gasteiger partial charge in [-0.15, -0.1) is 0 Å². The lowest BCUT2D eigenvalue weighted by Crippen LogP contribution is -2.61. The summed E-state index contributed by atoms with van der Waals surface area (Å²) in [4.78, 5) is 4.28. The topological polar surface area (TPSA) is 16.3 Å². The number of anilines is 6. The summed E-state index contributed by atoms with van der Waals surface area (Å²) >= 11 is 0. The molecule has 15 rings (SSSR count). The highest BCUT2D eigenvalue weighted by Gasteiger charge is 2.43. The number of para-hydroxylation sites is 4. The van der Waals surface area contributed by atoms with Gasteiger partial charge in [-0.3, -0.25) is 0 Å². The van der Waals surface area contributed by atoms with E-state index in [1.807, 2.05) is 146 Å². The Morgan fingerprint density at radius 1 is 0.296 bits per heavy atom. The maximum absolute atomic E-state index is 9.40. The number of aromatic nitrogens is 2. The molecular formula is C66H43BN4. The van der Waals surface area contributed by atoms with Crippen LogP contribution < -0.4 is 26.2 Å². The van der Waals surface area contributed by atoms with Gasteiger partial charge in [0, 0.05) is 67.0 Å². The van der Waals surface area contributed by atoms with E-state index < -0.39 is 103 Å². The predicted octanol–water partition coefficient (Wildman–Crippen LogP) is 15.3. The summed E-state index contributed by atoms with van der Waals surface area (Å²) in [6, 6.07) is 45.7. The molecule has 0 fully saturated rings. The monoisotopic (exact) mass is 918 g/mol. The molecule has 0 amide bonds. The van der Waals surface area contributed by atoms with E-state index in [1.165, 1.54) is 9.13 Å². The summed E-state index contributed by atoms with van der Waals surface area (Å²) in [5, 5.41) is -0.198. The van der Waals surface area contributed by atoms with Crippen LogP contribution in [0.2, 0.25) is 0 Å². The van der Waals surface area contributed by atoms with Crippen LogP contribution in [0.3, 0.4) is 0 Å². The molecule has 71 heavy (non-hydrogen) atoms. The number of rotatable bonds is 6. The molecule has 0 spiro atoms. The fourth-order valence-corrected chi connectivity index (χ4v) is 11.0. The van der Waals surface area contributed by atoms with Gasteiger partial charge in [0.2, 0.25) is 0 Å². The van der Waals surface area contributed by atoms with Crippen LogP contribution in [0.4, 0.5) is 34.1 Å². The summed E-state index contributed by atoms with van der Waals surface area (Å²) < 4.78 is 148. The molecule has 330 valence electrons. The maximum atomic E-state index is 9.40. The Morgan fingerprint density at radius 2 is 0.690 bits per heavy atom. The molecular weight excluding hydrogens is 860 g/mol. The van der Waals surface area contributed by atoms with Crippen molar-refractivity contribution in [3.63, 3.8) is 0 Å². The van der Waals surface area contributed by atoms with Gasteiger partial charge in [-0.1, -0.05) is 176 Å². The smallest absolute Gasteiger partial charge is 0.252 e. The first-order valence-electron chi connectivity index (χ1n) is 31.2. The van der Waals surface area contributed by atoms with E-state index in [0.717, 1.165) is 61.4 Å². The van der Waals surface area contributed by atoms with Crippen molar-refractivity contribution < 1.29 is 21.9 Å². The second kappa shape index (κ2) is 15.6. The van der Waals surface area contributed by atoms with Crippen molar-refractivity contribution >= 4 is 101 Å². The first-order chi connectivity index (χ1) is 41.9. The summed E-state index contributed by atoms with van der Waals surface area (Å²) in [7, 11) is 0. The van der Waals surface area contributed by atoms with Crippen molar-refractivity contribution in [2.24, 2.45) is 0 Å². The Hall–Kier alpha value is -9.32. The fraction of sp³-hybridized carbons (Fsp3) is 0. The SMILES string of the molecule is [2H]c1c([2H])c([2H])c2c(c1[2H])c1c([2H])c([2H])c([2H])c([2H])c1n2-c1ccc2c(c1)N(c1ccc(-c3ccccc3)cc1)c1cccc3c1B2c1ccc(-n2c4c([2H])c([2H])c([2H])c([2H])c4c4c([2H])c([2H])c([2H])c([2H])c42)cc1N3c1cccc(-c2ccccc2)c1. The lowest BCUT2D eigenvalue weighted by Gasteiger charge is -2.44. The first kappa shape index (κ1) is 27.0. The molecule has 5 heteroatoms. The number of fused-ring (bicyclic) bond motifs is 10. The maximum Gasteiger partial charge on any atom is 0.252 e. The van der Waals surface area contributed by atoms with Gasteiger partial charge < -0.3 is 18.9 Å². The predicted molar refractivity (Wildman–Crippen MR) is 300 cm³/mol. The molecule has 2 aliphatic rings. The zero-order valence-electron chi connectivity index (χ0n) is 53.5. The van der Waals surface area contributed by atoms with Gasteiger partial charge in [0.1, 0.15) is 0 Å². The third kappa shape index (κ3) is 6.00. The average Bonchev–Trinajstić information content (AvgIpc) is 1.72. The van der Waals surface area contributed by atoms with E-state index in [1.54, 1.807) is 12.1 Å². The highest BCUT2D eigenvalue weighted by molar-refractivity contribution is 7.00. The largest absolute Gasteiger partial charge is 0.311 e. The van der Waals surface area contributed by atoms with Crippen molar-refractivity contribution in [1.29, 1.82) is 0 Å². The van der Waals surface area contributed by atoms with Crippen molar-refractivity contribution in [1.82, 2.24) is 9.13 Å². The molecule has 0 bridgehead atoms. The molecule has 2 aliphatic heterocycles. The highest BCUT2D eigenvalue weighted by atomic mass is 15.2. The van der Waals surface area contributed by atoms with Gasteiger partial charge in [-0.25, -0.2) is 0 Å². The zero-order valence-corrected chi connectivity index (χ0v) is 37.5. The van der Waals surface area contributed by atoms with Crippen molar-refractivity contribution in [2.45, 2.75) is 0 Å². The molecule has 0 N–H and O–H groups in total. The standard InChI is InChI=1S/C66H43BN4/c1-3-17-44(18-4-1)46-33-35-48(36-34-46)68-62-31-16-32-63-66(62)67(56-39-37-50(42-64(56)68)69-58-27-11-7-23-52(58)53-24-8-12-28-59(53)69)57-40-38-51(70-60-29-13-9-25-54(60)55-26-10-14-30-61(55)70)43-65(57)71(63)49-22-15-21-47(41-49)45-19-5-2-6-20-45/h1-43H/i7D,8D,9D,10D,11D,12D,13D,14D,23D,24D,25D,26D,27D,28D,29D,30D. The Bertz CT molecular complexity index is 5050. The lowest BCUT2D eigenvalue weighted by molar-refractivity contribution is 1.17. The minimum absolute atomic E-state index is 0.0242. The molecule has 2 aromatic heterocycles. The molecule has 4 nitrogen and oxygen atoms in total. The van der Waals surface area contributed by atoms with Gasteiger partial charge in [0.15, 0.2) is 0 Å².